The van der Waals surface area contributed by atoms with E-state index in [4.69, 9.17) is 10.4 Å². The number of carboxylic acid groups (broad SMARTS) is 1. The minimum atomic E-state index is -0.904. The van der Waals surface area contributed by atoms with Crippen molar-refractivity contribution in [3.63, 3.8) is 0 Å². The lowest BCUT2D eigenvalue weighted by Crippen LogP contribution is -2.46. The number of nitrogens with zero attached hydrogens (tertiary/aromatic N) is 1. The molecule has 1 aliphatic heterocycles. The van der Waals surface area contributed by atoms with Crippen LogP contribution in [0.25, 0.3) is 6.08 Å². The highest BCUT2D eigenvalue weighted by Gasteiger charge is 2.22. The van der Waals surface area contributed by atoms with E-state index in [0.29, 0.717) is 11.3 Å². The summed E-state index contributed by atoms with van der Waals surface area (Å²) in [6.07, 6.45) is 3.23. The Hall–Kier alpha value is -2.72. The highest BCUT2D eigenvalue weighted by atomic mass is 32.1. The second-order valence-electron chi connectivity index (χ2n) is 4.57. The van der Waals surface area contributed by atoms with Crippen LogP contribution in [0.3, 0.4) is 0 Å². The molecule has 3 N–H and O–H groups in total. The van der Waals surface area contributed by atoms with E-state index in [2.05, 4.69) is 23.3 Å². The second kappa shape index (κ2) is 6.83. The number of hydrogen-bond acceptors (Lipinski definition) is 5. The SMILES string of the molecule is N#CC1=C(/C=C/c2cccc(CC(=O)O)c2)NC(S)NC1=O. The zero-order chi connectivity index (χ0) is 16.1. The third kappa shape index (κ3) is 3.90. The number of aliphatic carboxylic acids is 1. The number of benzene rings is 1. The van der Waals surface area contributed by atoms with Crippen molar-refractivity contribution in [2.24, 2.45) is 0 Å². The van der Waals surface area contributed by atoms with Crippen LogP contribution in [-0.4, -0.2) is 22.5 Å². The quantitative estimate of drug-likeness (QED) is 0.622. The molecule has 0 fully saturated rings. The number of amides is 1. The molecule has 1 unspecified atom stereocenters. The fraction of sp³-hybridized carbons (Fsp3) is 0.133. The molecular weight excluding hydrogens is 302 g/mol. The van der Waals surface area contributed by atoms with Gasteiger partial charge >= 0.3 is 5.97 Å². The molecule has 0 saturated carbocycles. The lowest BCUT2D eigenvalue weighted by molar-refractivity contribution is -0.136. The van der Waals surface area contributed by atoms with E-state index in [1.165, 1.54) is 0 Å². The van der Waals surface area contributed by atoms with Gasteiger partial charge in [0, 0.05) is 0 Å². The molecule has 6 nitrogen and oxygen atoms in total. The van der Waals surface area contributed by atoms with Crippen LogP contribution in [0.2, 0.25) is 0 Å². The molecule has 0 aliphatic carbocycles. The van der Waals surface area contributed by atoms with E-state index in [0.717, 1.165) is 5.56 Å². The normalized spacial score (nSPS) is 17.8. The van der Waals surface area contributed by atoms with Crippen LogP contribution in [0.4, 0.5) is 0 Å². The number of carbonyl (C=O) groups is 2. The number of hydrogen-bond donors (Lipinski definition) is 4. The summed E-state index contributed by atoms with van der Waals surface area (Å²) in [5, 5.41) is 23.2. The topological polar surface area (TPSA) is 102 Å². The first-order valence-electron chi connectivity index (χ1n) is 6.38. The molecule has 0 radical (unpaired) electrons. The lowest BCUT2D eigenvalue weighted by atomic mass is 10.1. The van der Waals surface area contributed by atoms with E-state index in [9.17, 15) is 9.59 Å². The van der Waals surface area contributed by atoms with E-state index in [-0.39, 0.29) is 12.0 Å². The van der Waals surface area contributed by atoms with Gasteiger partial charge in [-0.1, -0.05) is 30.3 Å². The van der Waals surface area contributed by atoms with Gasteiger partial charge in [0.2, 0.25) is 0 Å². The molecule has 1 aromatic carbocycles. The smallest absolute Gasteiger partial charge is 0.307 e. The van der Waals surface area contributed by atoms with Crippen LogP contribution < -0.4 is 10.6 Å². The van der Waals surface area contributed by atoms with Crippen molar-refractivity contribution in [2.75, 3.05) is 0 Å². The van der Waals surface area contributed by atoms with Crippen LogP contribution >= 0.6 is 12.6 Å². The molecule has 1 atom stereocenters. The third-order valence-electron chi connectivity index (χ3n) is 2.92. The summed E-state index contributed by atoms with van der Waals surface area (Å²) in [6.45, 7) is 0. The molecule has 1 heterocycles. The fourth-order valence-electron chi connectivity index (χ4n) is 1.98. The zero-order valence-electron chi connectivity index (χ0n) is 11.4. The van der Waals surface area contributed by atoms with Crippen molar-refractivity contribution in [3.8, 4) is 6.07 Å². The van der Waals surface area contributed by atoms with Gasteiger partial charge in [0.1, 0.15) is 17.1 Å². The van der Waals surface area contributed by atoms with E-state index < -0.39 is 17.4 Å². The number of carboxylic acids is 1. The molecule has 22 heavy (non-hydrogen) atoms. The van der Waals surface area contributed by atoms with Gasteiger partial charge in [-0.2, -0.15) is 5.26 Å². The highest BCUT2D eigenvalue weighted by molar-refractivity contribution is 7.80. The number of carbonyl (C=O) groups excluding carboxylic acids is 1. The molecule has 0 spiro atoms. The fourth-order valence-corrected chi connectivity index (χ4v) is 2.23. The summed E-state index contributed by atoms with van der Waals surface area (Å²) in [4.78, 5) is 22.4. The highest BCUT2D eigenvalue weighted by Crippen LogP contribution is 2.14. The first-order chi connectivity index (χ1) is 10.5. The molecular formula is C15H13N3O3S. The Balaban J connectivity index is 2.25. The Morgan fingerprint density at radius 2 is 2.18 bits per heavy atom. The maximum atomic E-state index is 11.7. The van der Waals surface area contributed by atoms with Crippen molar-refractivity contribution < 1.29 is 14.7 Å². The monoisotopic (exact) mass is 315 g/mol. The minimum Gasteiger partial charge on any atom is -0.481 e. The Morgan fingerprint density at radius 3 is 2.86 bits per heavy atom. The molecule has 1 amide bonds. The van der Waals surface area contributed by atoms with Crippen molar-refractivity contribution >= 4 is 30.6 Å². The number of allylic oxidation sites excluding steroid dienone is 1. The summed E-state index contributed by atoms with van der Waals surface area (Å²) in [6, 6.07) is 8.85. The molecule has 0 aromatic heterocycles. The zero-order valence-corrected chi connectivity index (χ0v) is 12.3. The number of rotatable bonds is 4. The van der Waals surface area contributed by atoms with Gasteiger partial charge in [0.05, 0.1) is 12.1 Å². The van der Waals surface area contributed by atoms with E-state index in [1.54, 1.807) is 36.4 Å². The summed E-state index contributed by atoms with van der Waals surface area (Å²) in [7, 11) is 0. The van der Waals surface area contributed by atoms with E-state index in [1.807, 2.05) is 6.07 Å². The first-order valence-corrected chi connectivity index (χ1v) is 6.90. The van der Waals surface area contributed by atoms with Crippen LogP contribution in [-0.2, 0) is 16.0 Å². The maximum Gasteiger partial charge on any atom is 0.307 e. The third-order valence-corrected chi connectivity index (χ3v) is 3.18. The number of nitrogens with one attached hydrogen (secondary N) is 2. The van der Waals surface area contributed by atoms with Crippen molar-refractivity contribution in [2.45, 2.75) is 11.9 Å². The first kappa shape index (κ1) is 15.7. The molecule has 0 bridgehead atoms. The standard InChI is InChI=1S/C15H13N3O3S/c16-8-11-12(17-15(22)18-14(11)21)5-4-9-2-1-3-10(6-9)7-13(19)20/h1-6,15,17,22H,7H2,(H,18,21)(H,19,20)/b5-4+. The summed E-state index contributed by atoms with van der Waals surface area (Å²) in [5.41, 5.74) is 1.22. The van der Waals surface area contributed by atoms with Crippen molar-refractivity contribution in [1.82, 2.24) is 10.6 Å². The predicted octanol–water partition coefficient (Wildman–Crippen LogP) is 1.04. The van der Waals surface area contributed by atoms with Gasteiger partial charge < -0.3 is 15.7 Å². The molecule has 0 saturated heterocycles. The largest absolute Gasteiger partial charge is 0.481 e. The summed E-state index contributed by atoms with van der Waals surface area (Å²) < 4.78 is 0. The van der Waals surface area contributed by atoms with Gasteiger partial charge in [-0.05, 0) is 17.2 Å². The van der Waals surface area contributed by atoms with Gasteiger partial charge in [0.25, 0.3) is 5.91 Å². The average Bonchev–Trinajstić information content (AvgIpc) is 2.44. The number of nitriles is 1. The maximum absolute atomic E-state index is 11.7. The molecule has 1 aromatic rings. The molecule has 2 rings (SSSR count). The van der Waals surface area contributed by atoms with Crippen LogP contribution in [0.15, 0.2) is 41.6 Å². The Kier molecular flexibility index (Phi) is 4.86. The predicted molar refractivity (Wildman–Crippen MR) is 83.5 cm³/mol. The Labute approximate surface area is 132 Å². The van der Waals surface area contributed by atoms with Crippen molar-refractivity contribution in [3.05, 3.63) is 52.7 Å². The minimum absolute atomic E-state index is 0.0248. The van der Waals surface area contributed by atoms with E-state index >= 15 is 0 Å². The molecule has 1 aliphatic rings. The Bertz CT molecular complexity index is 719. The second-order valence-corrected chi connectivity index (χ2v) is 5.09. The molecule has 112 valence electrons. The lowest BCUT2D eigenvalue weighted by Gasteiger charge is -2.22. The van der Waals surface area contributed by atoms with Crippen LogP contribution in [0, 0.1) is 11.3 Å². The van der Waals surface area contributed by atoms with Gasteiger partial charge in [-0.15, -0.1) is 12.6 Å². The Morgan fingerprint density at radius 1 is 1.41 bits per heavy atom. The van der Waals surface area contributed by atoms with Crippen molar-refractivity contribution in [1.29, 1.82) is 5.26 Å². The van der Waals surface area contributed by atoms with Crippen LogP contribution in [0.5, 0.6) is 0 Å². The van der Waals surface area contributed by atoms with Gasteiger partial charge in [0.15, 0.2) is 0 Å². The summed E-state index contributed by atoms with van der Waals surface area (Å²) in [5.74, 6) is -1.39. The molecule has 7 heteroatoms. The number of thiol groups is 1. The summed E-state index contributed by atoms with van der Waals surface area (Å²) >= 11 is 4.11. The van der Waals surface area contributed by atoms with Gasteiger partial charge in [-0.3, -0.25) is 9.59 Å². The average molecular weight is 315 g/mol. The van der Waals surface area contributed by atoms with Crippen LogP contribution in [0.1, 0.15) is 11.1 Å². The van der Waals surface area contributed by atoms with Gasteiger partial charge in [-0.25, -0.2) is 0 Å².